The van der Waals surface area contributed by atoms with Gasteiger partial charge in [0.25, 0.3) is 0 Å². The molecule has 0 aliphatic carbocycles. The maximum atomic E-state index is 5.87. The van der Waals surface area contributed by atoms with Crippen LogP contribution >= 0.6 is 11.6 Å². The van der Waals surface area contributed by atoms with Crippen molar-refractivity contribution in [1.29, 1.82) is 0 Å². The Labute approximate surface area is 106 Å². The number of nitrogens with one attached hydrogen (secondary N) is 1. The Morgan fingerprint density at radius 2 is 2.29 bits per heavy atom. The number of hydrogen-bond acceptors (Lipinski definition) is 3. The average molecular weight is 251 g/mol. The molecule has 0 atom stereocenters. The van der Waals surface area contributed by atoms with E-state index in [9.17, 15) is 0 Å². The van der Waals surface area contributed by atoms with E-state index in [1.165, 1.54) is 0 Å². The Balaban J connectivity index is 2.21. The molecule has 2 aromatic rings. The van der Waals surface area contributed by atoms with Crippen molar-refractivity contribution in [3.05, 3.63) is 41.4 Å². The number of rotatable bonds is 5. The van der Waals surface area contributed by atoms with Gasteiger partial charge in [-0.3, -0.25) is 4.98 Å². The molecule has 0 unspecified atom stereocenters. The van der Waals surface area contributed by atoms with Crippen molar-refractivity contribution in [2.75, 3.05) is 6.54 Å². The highest BCUT2D eigenvalue weighted by Crippen LogP contribution is 2.15. The molecule has 0 amide bonds. The number of aromatic nitrogens is 3. The van der Waals surface area contributed by atoms with Gasteiger partial charge >= 0.3 is 0 Å². The Kier molecular flexibility index (Phi) is 4.12. The van der Waals surface area contributed by atoms with Gasteiger partial charge in [-0.15, -0.1) is 0 Å². The highest BCUT2D eigenvalue weighted by Gasteiger charge is 2.05. The summed E-state index contributed by atoms with van der Waals surface area (Å²) in [5, 5.41) is 8.19. The van der Waals surface area contributed by atoms with Crippen molar-refractivity contribution >= 4 is 11.6 Å². The van der Waals surface area contributed by atoms with Crippen molar-refractivity contribution < 1.29 is 0 Å². The summed E-state index contributed by atoms with van der Waals surface area (Å²) in [6.07, 6.45) is 8.15. The molecule has 0 saturated carbocycles. The van der Waals surface area contributed by atoms with Crippen LogP contribution in [0.3, 0.4) is 0 Å². The van der Waals surface area contributed by atoms with E-state index in [1.54, 1.807) is 23.3 Å². The van der Waals surface area contributed by atoms with Crippen LogP contribution in [0.4, 0.5) is 0 Å². The quantitative estimate of drug-likeness (QED) is 0.829. The topological polar surface area (TPSA) is 42.7 Å². The largest absolute Gasteiger partial charge is 0.313 e. The fourth-order valence-corrected chi connectivity index (χ4v) is 1.75. The standard InChI is InChI=1S/C12H15ClN4/c1-2-4-14-6-10-7-15-5-3-12(10)17-9-11(13)8-16-17/h3,5,7-9,14H,2,4,6H2,1H3. The zero-order valence-corrected chi connectivity index (χ0v) is 10.5. The second kappa shape index (κ2) is 5.80. The SMILES string of the molecule is CCCNCc1cnccc1-n1cc(Cl)cn1. The van der Waals surface area contributed by atoms with E-state index in [2.05, 4.69) is 22.3 Å². The van der Waals surface area contributed by atoms with Crippen molar-refractivity contribution in [3.8, 4) is 5.69 Å². The smallest absolute Gasteiger partial charge is 0.0790 e. The van der Waals surface area contributed by atoms with Crippen LogP contribution in [-0.4, -0.2) is 21.3 Å². The first-order valence-corrected chi connectivity index (χ1v) is 6.03. The van der Waals surface area contributed by atoms with Crippen molar-refractivity contribution in [1.82, 2.24) is 20.1 Å². The Hall–Kier alpha value is -1.39. The fourth-order valence-electron chi connectivity index (χ4n) is 1.61. The first-order chi connectivity index (χ1) is 8.31. The molecule has 0 fully saturated rings. The third-order valence-electron chi connectivity index (χ3n) is 2.42. The van der Waals surface area contributed by atoms with Crippen molar-refractivity contribution in [2.24, 2.45) is 0 Å². The van der Waals surface area contributed by atoms with Gasteiger partial charge in [0.1, 0.15) is 0 Å². The minimum absolute atomic E-state index is 0.634. The first-order valence-electron chi connectivity index (χ1n) is 5.65. The molecule has 0 aliphatic rings. The van der Waals surface area contributed by atoms with E-state index in [-0.39, 0.29) is 0 Å². The maximum Gasteiger partial charge on any atom is 0.0790 e. The van der Waals surface area contributed by atoms with Gasteiger partial charge in [0.05, 0.1) is 16.9 Å². The highest BCUT2D eigenvalue weighted by atomic mass is 35.5. The molecular formula is C12H15ClN4. The average Bonchev–Trinajstić information content (AvgIpc) is 2.77. The van der Waals surface area contributed by atoms with E-state index < -0.39 is 0 Å². The van der Waals surface area contributed by atoms with Gasteiger partial charge in [-0.05, 0) is 19.0 Å². The number of nitrogens with zero attached hydrogens (tertiary/aromatic N) is 3. The molecule has 0 radical (unpaired) electrons. The van der Waals surface area contributed by atoms with Gasteiger partial charge in [-0.2, -0.15) is 5.10 Å². The van der Waals surface area contributed by atoms with Crippen LogP contribution in [0.1, 0.15) is 18.9 Å². The molecule has 0 spiro atoms. The summed E-state index contributed by atoms with van der Waals surface area (Å²) >= 11 is 5.87. The van der Waals surface area contributed by atoms with Gasteiger partial charge in [0.2, 0.25) is 0 Å². The Bertz CT molecular complexity index is 481. The van der Waals surface area contributed by atoms with Crippen LogP contribution in [0, 0.1) is 0 Å². The second-order valence-corrected chi connectivity index (χ2v) is 4.22. The highest BCUT2D eigenvalue weighted by molar-refractivity contribution is 6.30. The maximum absolute atomic E-state index is 5.87. The molecule has 0 aliphatic heterocycles. The molecule has 0 saturated heterocycles. The van der Waals surface area contributed by atoms with E-state index >= 15 is 0 Å². The lowest BCUT2D eigenvalue weighted by Gasteiger charge is -2.09. The molecule has 2 aromatic heterocycles. The lowest BCUT2D eigenvalue weighted by atomic mass is 10.2. The fraction of sp³-hybridized carbons (Fsp3) is 0.333. The van der Waals surface area contributed by atoms with E-state index in [0.717, 1.165) is 30.8 Å². The van der Waals surface area contributed by atoms with E-state index in [0.29, 0.717) is 5.02 Å². The normalized spacial score (nSPS) is 10.7. The molecular weight excluding hydrogens is 236 g/mol. The molecule has 90 valence electrons. The van der Waals surface area contributed by atoms with Gasteiger partial charge in [0.15, 0.2) is 0 Å². The second-order valence-electron chi connectivity index (χ2n) is 3.78. The van der Waals surface area contributed by atoms with Crippen molar-refractivity contribution in [2.45, 2.75) is 19.9 Å². The lowest BCUT2D eigenvalue weighted by Crippen LogP contribution is -2.15. The summed E-state index contributed by atoms with van der Waals surface area (Å²) in [7, 11) is 0. The summed E-state index contributed by atoms with van der Waals surface area (Å²) < 4.78 is 1.77. The Morgan fingerprint density at radius 3 is 3.00 bits per heavy atom. The predicted molar refractivity (Wildman–Crippen MR) is 68.4 cm³/mol. The molecule has 4 nitrogen and oxygen atoms in total. The van der Waals surface area contributed by atoms with Gasteiger partial charge in [-0.25, -0.2) is 4.68 Å². The molecule has 0 bridgehead atoms. The van der Waals surface area contributed by atoms with Crippen LogP contribution < -0.4 is 5.32 Å². The minimum atomic E-state index is 0.634. The minimum Gasteiger partial charge on any atom is -0.313 e. The molecule has 1 N–H and O–H groups in total. The predicted octanol–water partition coefficient (Wildman–Crippen LogP) is 2.42. The zero-order valence-electron chi connectivity index (χ0n) is 9.73. The number of halogens is 1. The number of hydrogen-bond donors (Lipinski definition) is 1. The summed E-state index contributed by atoms with van der Waals surface area (Å²) in [6.45, 7) is 3.92. The summed E-state index contributed by atoms with van der Waals surface area (Å²) in [5.41, 5.74) is 2.12. The lowest BCUT2D eigenvalue weighted by molar-refractivity contribution is 0.668. The van der Waals surface area contributed by atoms with Gasteiger partial charge in [0, 0.05) is 30.7 Å². The molecule has 5 heteroatoms. The molecule has 0 aromatic carbocycles. The molecule has 17 heavy (non-hydrogen) atoms. The van der Waals surface area contributed by atoms with Gasteiger partial charge < -0.3 is 5.32 Å². The van der Waals surface area contributed by atoms with Gasteiger partial charge in [-0.1, -0.05) is 18.5 Å². The van der Waals surface area contributed by atoms with Crippen LogP contribution in [-0.2, 0) is 6.54 Å². The summed E-state index contributed by atoms with van der Waals surface area (Å²) in [5.74, 6) is 0. The van der Waals surface area contributed by atoms with Crippen molar-refractivity contribution in [3.63, 3.8) is 0 Å². The van der Waals surface area contributed by atoms with Crippen LogP contribution in [0.15, 0.2) is 30.9 Å². The van der Waals surface area contributed by atoms with E-state index in [4.69, 9.17) is 11.6 Å². The third-order valence-corrected chi connectivity index (χ3v) is 2.61. The first kappa shape index (κ1) is 12.1. The molecule has 2 rings (SSSR count). The molecule has 2 heterocycles. The van der Waals surface area contributed by atoms with E-state index in [1.807, 2.05) is 12.3 Å². The number of pyridine rings is 1. The summed E-state index contributed by atoms with van der Waals surface area (Å²) in [6, 6.07) is 1.94. The zero-order chi connectivity index (χ0) is 12.1. The van der Waals surface area contributed by atoms with Crippen LogP contribution in [0.25, 0.3) is 5.69 Å². The summed E-state index contributed by atoms with van der Waals surface area (Å²) in [4.78, 5) is 4.14. The Morgan fingerprint density at radius 1 is 1.41 bits per heavy atom. The van der Waals surface area contributed by atoms with Crippen LogP contribution in [0.2, 0.25) is 5.02 Å². The van der Waals surface area contributed by atoms with Crippen LogP contribution in [0.5, 0.6) is 0 Å². The monoisotopic (exact) mass is 250 g/mol. The third kappa shape index (κ3) is 3.05.